The van der Waals surface area contributed by atoms with Crippen LogP contribution in [0.5, 0.6) is 5.75 Å². The van der Waals surface area contributed by atoms with Gasteiger partial charge in [-0.2, -0.15) is 0 Å². The zero-order chi connectivity index (χ0) is 22.5. The zero-order valence-electron chi connectivity index (χ0n) is 17.6. The van der Waals surface area contributed by atoms with Crippen molar-refractivity contribution in [1.29, 1.82) is 0 Å². The lowest BCUT2D eigenvalue weighted by Gasteiger charge is -2.09. The molecule has 1 aliphatic carbocycles. The quantitative estimate of drug-likeness (QED) is 0.516. The maximum Gasteiger partial charge on any atom is 0.344 e. The van der Waals surface area contributed by atoms with Crippen molar-refractivity contribution in [2.45, 2.75) is 26.2 Å². The predicted molar refractivity (Wildman–Crippen MR) is 121 cm³/mol. The minimum absolute atomic E-state index is 0.256. The Morgan fingerprint density at radius 1 is 1.00 bits per heavy atom. The van der Waals surface area contributed by atoms with Gasteiger partial charge in [0.2, 0.25) is 0 Å². The van der Waals surface area contributed by atoms with Crippen LogP contribution in [0.25, 0.3) is 10.8 Å². The Labute approximate surface area is 189 Å². The molecule has 0 saturated carbocycles. The van der Waals surface area contributed by atoms with Crippen LogP contribution in [0.1, 0.15) is 34.1 Å². The summed E-state index contributed by atoms with van der Waals surface area (Å²) < 4.78 is 15.6. The molecular weight excluding hydrogens is 430 g/mol. The van der Waals surface area contributed by atoms with Crippen molar-refractivity contribution in [3.63, 3.8) is 0 Å². The van der Waals surface area contributed by atoms with Gasteiger partial charge in [-0.05, 0) is 54.7 Å². The molecule has 1 N–H and O–H groups in total. The molecule has 0 atom stereocenters. The van der Waals surface area contributed by atoms with Crippen molar-refractivity contribution in [2.24, 2.45) is 0 Å². The van der Waals surface area contributed by atoms with Gasteiger partial charge in [-0.3, -0.25) is 4.79 Å². The second kappa shape index (κ2) is 9.82. The first-order chi connectivity index (χ1) is 15.5. The van der Waals surface area contributed by atoms with Crippen LogP contribution in [-0.2, 0) is 31.9 Å². The highest BCUT2D eigenvalue weighted by molar-refractivity contribution is 7.17. The highest BCUT2D eigenvalue weighted by atomic mass is 32.1. The summed E-state index contributed by atoms with van der Waals surface area (Å²) in [7, 11) is 0. The molecule has 0 fully saturated rings. The monoisotopic (exact) mass is 453 g/mol. The Kier molecular flexibility index (Phi) is 6.70. The van der Waals surface area contributed by atoms with Crippen LogP contribution in [-0.4, -0.2) is 37.7 Å². The van der Waals surface area contributed by atoms with Crippen LogP contribution in [0.15, 0.2) is 42.5 Å². The topological polar surface area (TPSA) is 90.9 Å². The molecule has 1 amide bonds. The number of esters is 2. The molecule has 8 heteroatoms. The molecule has 0 saturated heterocycles. The zero-order valence-corrected chi connectivity index (χ0v) is 18.5. The number of hydrogen-bond donors (Lipinski definition) is 1. The van der Waals surface area contributed by atoms with Crippen LogP contribution in [0.2, 0.25) is 0 Å². The fourth-order valence-electron chi connectivity index (χ4n) is 3.66. The smallest absolute Gasteiger partial charge is 0.344 e. The number of hydrogen-bond acceptors (Lipinski definition) is 7. The van der Waals surface area contributed by atoms with E-state index in [1.54, 1.807) is 13.0 Å². The van der Waals surface area contributed by atoms with Gasteiger partial charge in [-0.15, -0.1) is 11.3 Å². The molecule has 1 aromatic heterocycles. The van der Waals surface area contributed by atoms with Crippen molar-refractivity contribution in [2.75, 3.05) is 25.1 Å². The standard InChI is InChI=1S/C24H23NO6S/c1-2-29-24(28)22-18-8-5-9-19(18)32-23(22)25-20(26)13-31-21(27)14-30-17-11-10-15-6-3-4-7-16(15)12-17/h3-4,6-7,10-12H,2,5,8-9,13-14H2,1H3,(H,25,26). The Balaban J connectivity index is 1.30. The average Bonchev–Trinajstić information content (AvgIpc) is 3.37. The summed E-state index contributed by atoms with van der Waals surface area (Å²) in [5.41, 5.74) is 1.37. The molecule has 0 aliphatic heterocycles. The van der Waals surface area contributed by atoms with Gasteiger partial charge in [0.1, 0.15) is 10.8 Å². The summed E-state index contributed by atoms with van der Waals surface area (Å²) in [6.07, 6.45) is 2.65. The van der Waals surface area contributed by atoms with Crippen LogP contribution >= 0.6 is 11.3 Å². The number of ether oxygens (including phenoxy) is 3. The second-order valence-electron chi connectivity index (χ2n) is 7.29. The number of carbonyl (C=O) groups is 3. The molecular formula is C24H23NO6S. The van der Waals surface area contributed by atoms with Gasteiger partial charge in [-0.25, -0.2) is 9.59 Å². The van der Waals surface area contributed by atoms with Gasteiger partial charge in [0, 0.05) is 4.88 Å². The summed E-state index contributed by atoms with van der Waals surface area (Å²) in [5, 5.41) is 5.20. The largest absolute Gasteiger partial charge is 0.482 e. The first-order valence-electron chi connectivity index (χ1n) is 10.4. The minimum Gasteiger partial charge on any atom is -0.482 e. The number of thiophene rings is 1. The van der Waals surface area contributed by atoms with Crippen LogP contribution in [0, 0.1) is 0 Å². The van der Waals surface area contributed by atoms with Crippen molar-refractivity contribution in [3.05, 3.63) is 58.5 Å². The first kappa shape index (κ1) is 21.8. The molecule has 0 unspecified atom stereocenters. The molecule has 166 valence electrons. The van der Waals surface area contributed by atoms with Gasteiger partial charge < -0.3 is 19.5 Å². The minimum atomic E-state index is -0.660. The summed E-state index contributed by atoms with van der Waals surface area (Å²) in [6, 6.07) is 13.3. The van der Waals surface area contributed by atoms with Crippen LogP contribution in [0.4, 0.5) is 5.00 Å². The van der Waals surface area contributed by atoms with Crippen molar-refractivity contribution < 1.29 is 28.6 Å². The lowest BCUT2D eigenvalue weighted by molar-refractivity contribution is -0.149. The van der Waals surface area contributed by atoms with Crippen molar-refractivity contribution >= 4 is 45.0 Å². The normalized spacial score (nSPS) is 12.3. The fraction of sp³-hybridized carbons (Fsp3) is 0.292. The van der Waals surface area contributed by atoms with E-state index >= 15 is 0 Å². The summed E-state index contributed by atoms with van der Waals surface area (Å²) in [6.45, 7) is 1.21. The number of carbonyl (C=O) groups excluding carboxylic acids is 3. The number of rotatable bonds is 8. The number of anilines is 1. The summed E-state index contributed by atoms with van der Waals surface area (Å²) >= 11 is 1.38. The SMILES string of the molecule is CCOC(=O)c1c(NC(=O)COC(=O)COc2ccc3ccccc3c2)sc2c1CCC2. The molecule has 32 heavy (non-hydrogen) atoms. The third-order valence-corrected chi connectivity index (χ3v) is 6.30. The van der Waals surface area contributed by atoms with E-state index in [9.17, 15) is 14.4 Å². The van der Waals surface area contributed by atoms with Gasteiger partial charge in [0.25, 0.3) is 5.91 Å². The van der Waals surface area contributed by atoms with E-state index in [2.05, 4.69) is 5.32 Å². The van der Waals surface area contributed by atoms with E-state index in [0.717, 1.165) is 40.5 Å². The number of fused-ring (bicyclic) bond motifs is 2. The van der Waals surface area contributed by atoms with Crippen molar-refractivity contribution in [1.82, 2.24) is 0 Å². The third kappa shape index (κ3) is 4.91. The fourth-order valence-corrected chi connectivity index (χ4v) is 4.95. The van der Waals surface area contributed by atoms with Gasteiger partial charge in [-0.1, -0.05) is 30.3 Å². The molecule has 0 spiro atoms. The average molecular weight is 454 g/mol. The molecule has 2 aromatic carbocycles. The van der Waals surface area contributed by atoms with E-state index in [4.69, 9.17) is 14.2 Å². The molecule has 3 aromatic rings. The number of amides is 1. The molecule has 7 nitrogen and oxygen atoms in total. The van der Waals surface area contributed by atoms with Crippen LogP contribution in [0.3, 0.4) is 0 Å². The molecule has 1 heterocycles. The van der Waals surface area contributed by atoms with Gasteiger partial charge in [0.05, 0.1) is 12.2 Å². The highest BCUT2D eigenvalue weighted by Crippen LogP contribution is 2.39. The van der Waals surface area contributed by atoms with E-state index < -0.39 is 24.5 Å². The van der Waals surface area contributed by atoms with Crippen LogP contribution < -0.4 is 10.1 Å². The number of benzene rings is 2. The maximum absolute atomic E-state index is 12.4. The predicted octanol–water partition coefficient (Wildman–Crippen LogP) is 4.13. The summed E-state index contributed by atoms with van der Waals surface area (Å²) in [4.78, 5) is 37.8. The molecule has 4 rings (SSSR count). The Morgan fingerprint density at radius 2 is 1.81 bits per heavy atom. The van der Waals surface area contributed by atoms with Gasteiger partial charge >= 0.3 is 11.9 Å². The number of nitrogens with one attached hydrogen (secondary N) is 1. The molecule has 1 aliphatic rings. The van der Waals surface area contributed by atoms with E-state index in [1.165, 1.54) is 11.3 Å². The molecule has 0 radical (unpaired) electrons. The Morgan fingerprint density at radius 3 is 2.62 bits per heavy atom. The maximum atomic E-state index is 12.4. The van der Waals surface area contributed by atoms with E-state index in [-0.39, 0.29) is 13.2 Å². The number of aryl methyl sites for hydroxylation is 1. The Hall–Kier alpha value is -3.39. The second-order valence-corrected chi connectivity index (χ2v) is 8.39. The van der Waals surface area contributed by atoms with E-state index in [0.29, 0.717) is 16.3 Å². The molecule has 0 bridgehead atoms. The Bertz CT molecular complexity index is 1170. The lowest BCUT2D eigenvalue weighted by atomic mass is 10.1. The summed E-state index contributed by atoms with van der Waals surface area (Å²) in [5.74, 6) is -1.08. The van der Waals surface area contributed by atoms with Crippen molar-refractivity contribution in [3.8, 4) is 5.75 Å². The highest BCUT2D eigenvalue weighted by Gasteiger charge is 2.28. The lowest BCUT2D eigenvalue weighted by Crippen LogP contribution is -2.24. The third-order valence-electron chi connectivity index (χ3n) is 5.10. The van der Waals surface area contributed by atoms with Gasteiger partial charge in [0.15, 0.2) is 13.2 Å². The van der Waals surface area contributed by atoms with E-state index in [1.807, 2.05) is 36.4 Å². The first-order valence-corrected chi connectivity index (χ1v) is 11.3.